The Morgan fingerprint density at radius 3 is 2.53 bits per heavy atom. The molecule has 1 heterocycles. The Morgan fingerprint density at radius 2 is 1.80 bits per heavy atom. The summed E-state index contributed by atoms with van der Waals surface area (Å²) < 4.78 is 24.1. The van der Waals surface area contributed by atoms with Crippen LogP contribution in [0.25, 0.3) is 0 Å². The number of benzene rings is 2. The third-order valence-electron chi connectivity index (χ3n) is 3.94. The molecule has 0 bridgehead atoms. The largest absolute Gasteiger partial charge is 0.494 e. The Bertz CT molecular complexity index is 1020. The van der Waals surface area contributed by atoms with Gasteiger partial charge in [0.15, 0.2) is 6.61 Å². The maximum Gasteiger partial charge on any atom is 0.342 e. The van der Waals surface area contributed by atoms with E-state index in [9.17, 15) is 14.0 Å². The molecule has 0 radical (unpaired) electrons. The number of ether oxygens (including phenoxy) is 2. The van der Waals surface area contributed by atoms with E-state index in [0.29, 0.717) is 12.3 Å². The highest BCUT2D eigenvalue weighted by molar-refractivity contribution is 5.98. The van der Waals surface area contributed by atoms with E-state index in [2.05, 4.69) is 15.6 Å². The smallest absolute Gasteiger partial charge is 0.342 e. The lowest BCUT2D eigenvalue weighted by molar-refractivity contribution is -0.119. The minimum atomic E-state index is -0.736. The molecule has 2 N–H and O–H groups in total. The van der Waals surface area contributed by atoms with Crippen LogP contribution in [0.2, 0.25) is 0 Å². The topological polar surface area (TPSA) is 89.6 Å². The third kappa shape index (κ3) is 5.54. The molecule has 7 nitrogen and oxygen atoms in total. The number of rotatable bonds is 8. The summed E-state index contributed by atoms with van der Waals surface area (Å²) in [5.41, 5.74) is 0.867. The quantitative estimate of drug-likeness (QED) is 0.543. The lowest BCUT2D eigenvalue weighted by Gasteiger charge is -2.11. The molecular formula is C22H20FN3O4. The van der Waals surface area contributed by atoms with Crippen molar-refractivity contribution in [3.8, 4) is 5.75 Å². The van der Waals surface area contributed by atoms with Gasteiger partial charge < -0.3 is 20.1 Å². The van der Waals surface area contributed by atoms with Gasteiger partial charge in [-0.05, 0) is 55.5 Å². The molecule has 30 heavy (non-hydrogen) atoms. The van der Waals surface area contributed by atoms with Gasteiger partial charge >= 0.3 is 5.97 Å². The van der Waals surface area contributed by atoms with Gasteiger partial charge in [0.05, 0.1) is 12.3 Å². The SMILES string of the molecule is CCOc1ccc(Nc2ncccc2C(=O)OCC(=O)Nc2ccccc2F)cc1. The predicted molar refractivity (Wildman–Crippen MR) is 110 cm³/mol. The van der Waals surface area contributed by atoms with Gasteiger partial charge in [-0.1, -0.05) is 12.1 Å². The molecule has 0 aliphatic rings. The van der Waals surface area contributed by atoms with Crippen molar-refractivity contribution < 1.29 is 23.5 Å². The van der Waals surface area contributed by atoms with Gasteiger partial charge in [0.25, 0.3) is 5.91 Å². The van der Waals surface area contributed by atoms with Crippen molar-refractivity contribution in [3.05, 3.63) is 78.2 Å². The molecule has 0 spiro atoms. The molecule has 3 rings (SSSR count). The number of amides is 1. The Balaban J connectivity index is 1.62. The number of nitrogens with zero attached hydrogens (tertiary/aromatic N) is 1. The Kier molecular flexibility index (Phi) is 6.94. The average molecular weight is 409 g/mol. The second-order valence-electron chi connectivity index (χ2n) is 6.09. The van der Waals surface area contributed by atoms with Crippen LogP contribution in [0.5, 0.6) is 5.75 Å². The molecule has 8 heteroatoms. The molecule has 0 atom stereocenters. The van der Waals surface area contributed by atoms with Crippen LogP contribution >= 0.6 is 0 Å². The molecular weight excluding hydrogens is 389 g/mol. The van der Waals surface area contributed by atoms with Crippen LogP contribution in [0, 0.1) is 5.82 Å². The maximum absolute atomic E-state index is 13.6. The summed E-state index contributed by atoms with van der Waals surface area (Å²) in [7, 11) is 0. The monoisotopic (exact) mass is 409 g/mol. The number of carbonyl (C=O) groups excluding carboxylic acids is 2. The zero-order valence-electron chi connectivity index (χ0n) is 16.2. The van der Waals surface area contributed by atoms with Crippen molar-refractivity contribution >= 4 is 29.1 Å². The van der Waals surface area contributed by atoms with Gasteiger partial charge in [0, 0.05) is 11.9 Å². The highest BCUT2D eigenvalue weighted by Gasteiger charge is 2.16. The van der Waals surface area contributed by atoms with Crippen LogP contribution in [0.4, 0.5) is 21.6 Å². The fourth-order valence-corrected chi connectivity index (χ4v) is 2.57. The van der Waals surface area contributed by atoms with Crippen LogP contribution in [0.3, 0.4) is 0 Å². The molecule has 1 aromatic heterocycles. The van der Waals surface area contributed by atoms with Gasteiger partial charge in [-0.3, -0.25) is 4.79 Å². The van der Waals surface area contributed by atoms with E-state index >= 15 is 0 Å². The fourth-order valence-electron chi connectivity index (χ4n) is 2.57. The number of anilines is 3. The van der Waals surface area contributed by atoms with Crippen molar-refractivity contribution in [1.29, 1.82) is 0 Å². The zero-order chi connectivity index (χ0) is 21.3. The van der Waals surface area contributed by atoms with Crippen molar-refractivity contribution in [2.75, 3.05) is 23.8 Å². The Morgan fingerprint density at radius 1 is 1.03 bits per heavy atom. The molecule has 0 aliphatic heterocycles. The van der Waals surface area contributed by atoms with Crippen molar-refractivity contribution in [2.45, 2.75) is 6.92 Å². The van der Waals surface area contributed by atoms with Crippen LogP contribution < -0.4 is 15.4 Å². The zero-order valence-corrected chi connectivity index (χ0v) is 16.2. The van der Waals surface area contributed by atoms with Crippen molar-refractivity contribution in [2.24, 2.45) is 0 Å². The van der Waals surface area contributed by atoms with Crippen LogP contribution in [0.15, 0.2) is 66.9 Å². The number of pyridine rings is 1. The Labute approximate surface area is 172 Å². The number of para-hydroxylation sites is 1. The minimum Gasteiger partial charge on any atom is -0.494 e. The summed E-state index contributed by atoms with van der Waals surface area (Å²) in [4.78, 5) is 28.6. The maximum atomic E-state index is 13.6. The first-order valence-electron chi connectivity index (χ1n) is 9.23. The molecule has 2 aromatic carbocycles. The highest BCUT2D eigenvalue weighted by Crippen LogP contribution is 2.22. The van der Waals surface area contributed by atoms with E-state index in [1.54, 1.807) is 36.4 Å². The average Bonchev–Trinajstić information content (AvgIpc) is 2.76. The number of hydrogen-bond acceptors (Lipinski definition) is 6. The van der Waals surface area contributed by atoms with Gasteiger partial charge in [0.1, 0.15) is 22.9 Å². The lowest BCUT2D eigenvalue weighted by Crippen LogP contribution is -2.22. The molecule has 0 saturated heterocycles. The van der Waals surface area contributed by atoms with E-state index in [0.717, 1.165) is 5.75 Å². The van der Waals surface area contributed by atoms with Gasteiger partial charge in [0.2, 0.25) is 0 Å². The van der Waals surface area contributed by atoms with E-state index < -0.39 is 24.3 Å². The summed E-state index contributed by atoms with van der Waals surface area (Å²) in [6.07, 6.45) is 1.53. The third-order valence-corrected chi connectivity index (χ3v) is 3.94. The first-order valence-corrected chi connectivity index (χ1v) is 9.23. The predicted octanol–water partition coefficient (Wildman–Crippen LogP) is 4.16. The van der Waals surface area contributed by atoms with E-state index in [4.69, 9.17) is 9.47 Å². The number of carbonyl (C=O) groups is 2. The van der Waals surface area contributed by atoms with Gasteiger partial charge in [-0.15, -0.1) is 0 Å². The number of esters is 1. The number of nitrogens with one attached hydrogen (secondary N) is 2. The first kappa shape index (κ1) is 20.8. The second-order valence-corrected chi connectivity index (χ2v) is 6.09. The molecule has 3 aromatic rings. The van der Waals surface area contributed by atoms with Gasteiger partial charge in [-0.2, -0.15) is 0 Å². The molecule has 0 aliphatic carbocycles. The molecule has 0 saturated carbocycles. The summed E-state index contributed by atoms with van der Waals surface area (Å²) >= 11 is 0. The van der Waals surface area contributed by atoms with Crippen molar-refractivity contribution in [3.63, 3.8) is 0 Å². The normalized spacial score (nSPS) is 10.2. The highest BCUT2D eigenvalue weighted by atomic mass is 19.1. The van der Waals surface area contributed by atoms with E-state index in [-0.39, 0.29) is 17.1 Å². The Hall–Kier alpha value is -3.94. The van der Waals surface area contributed by atoms with Crippen LogP contribution in [0.1, 0.15) is 17.3 Å². The van der Waals surface area contributed by atoms with Crippen molar-refractivity contribution in [1.82, 2.24) is 4.98 Å². The van der Waals surface area contributed by atoms with E-state index in [1.165, 1.54) is 30.5 Å². The standard InChI is InChI=1S/C22H20FN3O4/c1-2-29-16-11-9-15(10-12-16)25-21-17(6-5-13-24-21)22(28)30-14-20(27)26-19-8-4-3-7-18(19)23/h3-13H,2,14H2,1H3,(H,24,25)(H,26,27). The molecule has 154 valence electrons. The number of aromatic nitrogens is 1. The van der Waals surface area contributed by atoms with E-state index in [1.807, 2.05) is 6.92 Å². The molecule has 0 fully saturated rings. The molecule has 0 unspecified atom stereocenters. The van der Waals surface area contributed by atoms with Crippen LogP contribution in [-0.4, -0.2) is 30.1 Å². The summed E-state index contributed by atoms with van der Waals surface area (Å²) in [5, 5.41) is 5.39. The minimum absolute atomic E-state index is 0.0118. The summed E-state index contributed by atoms with van der Waals surface area (Å²) in [6.45, 7) is 1.90. The number of halogens is 1. The summed E-state index contributed by atoms with van der Waals surface area (Å²) in [6, 6.07) is 16.0. The van der Waals surface area contributed by atoms with Crippen LogP contribution in [-0.2, 0) is 9.53 Å². The number of hydrogen-bond donors (Lipinski definition) is 2. The second kappa shape index (κ2) is 10.0. The molecule has 1 amide bonds. The fraction of sp³-hybridized carbons (Fsp3) is 0.136. The summed E-state index contributed by atoms with van der Waals surface area (Å²) in [5.74, 6) is -0.962. The first-order chi connectivity index (χ1) is 14.6. The van der Waals surface area contributed by atoms with Gasteiger partial charge in [-0.25, -0.2) is 14.2 Å². The lowest BCUT2D eigenvalue weighted by atomic mass is 10.2.